The molecule has 0 spiro atoms. The number of hydrogen-bond acceptors (Lipinski definition) is 9. The van der Waals surface area contributed by atoms with Crippen LogP contribution < -0.4 is 0 Å². The van der Waals surface area contributed by atoms with Crippen molar-refractivity contribution in [3.05, 3.63) is 0 Å². The number of amides is 1. The van der Waals surface area contributed by atoms with Crippen LogP contribution in [0.1, 0.15) is 226 Å². The molecular weight excluding hydrogens is 711 g/mol. The molecule has 1 fully saturated rings. The molecule has 1 unspecified atom stereocenters. The normalized spacial score (nSPS) is 20.2. The lowest BCUT2D eigenvalue weighted by molar-refractivity contribution is -0.253. The molecule has 0 aliphatic carbocycles. The van der Waals surface area contributed by atoms with Crippen LogP contribution in [0, 0.1) is 0 Å². The molecule has 0 aromatic carbocycles. The third kappa shape index (κ3) is 23.6. The molecule has 1 saturated heterocycles. The van der Waals surface area contributed by atoms with E-state index in [9.17, 15) is 39.6 Å². The molecule has 328 valence electrons. The van der Waals surface area contributed by atoms with Gasteiger partial charge in [-0.25, -0.2) is 0 Å². The van der Waals surface area contributed by atoms with Crippen molar-refractivity contribution >= 4 is 23.3 Å². The Morgan fingerprint density at radius 3 is 1.36 bits per heavy atom. The quantitative estimate of drug-likeness (QED) is 0.0447. The van der Waals surface area contributed by atoms with Crippen molar-refractivity contribution in [1.82, 2.24) is 4.90 Å². The smallest absolute Gasteiger partial charge is 0.224 e. The molecule has 1 aliphatic rings. The van der Waals surface area contributed by atoms with Crippen LogP contribution >= 0.6 is 0 Å². The van der Waals surface area contributed by atoms with Crippen molar-refractivity contribution in [3.8, 4) is 0 Å². The predicted molar refractivity (Wildman–Crippen MR) is 224 cm³/mol. The first-order chi connectivity index (χ1) is 27.1. The first-order valence-corrected chi connectivity index (χ1v) is 23.3. The summed E-state index contributed by atoms with van der Waals surface area (Å²) < 4.78 is 5.91. The van der Waals surface area contributed by atoms with Crippen LogP contribution in [0.15, 0.2) is 0 Å². The number of hydrogen-bond donors (Lipinski definition) is 4. The molecule has 0 aromatic rings. The number of ketones is 3. The topological polar surface area (TPSA) is 162 Å². The van der Waals surface area contributed by atoms with Gasteiger partial charge in [0.25, 0.3) is 0 Å². The molecule has 10 nitrogen and oxygen atoms in total. The van der Waals surface area contributed by atoms with E-state index in [-0.39, 0.29) is 37.5 Å². The van der Waals surface area contributed by atoms with Gasteiger partial charge in [0.1, 0.15) is 42.1 Å². The van der Waals surface area contributed by atoms with Gasteiger partial charge in [-0.2, -0.15) is 0 Å². The van der Waals surface area contributed by atoms with Gasteiger partial charge in [0.05, 0.1) is 0 Å². The van der Waals surface area contributed by atoms with E-state index < -0.39 is 54.7 Å². The van der Waals surface area contributed by atoms with Crippen LogP contribution in [0.5, 0.6) is 0 Å². The van der Waals surface area contributed by atoms with Crippen molar-refractivity contribution in [1.29, 1.82) is 0 Å². The molecule has 1 aliphatic heterocycles. The zero-order chi connectivity index (χ0) is 41.4. The lowest BCUT2D eigenvalue weighted by atomic mass is 9.91. The van der Waals surface area contributed by atoms with Crippen molar-refractivity contribution in [2.75, 3.05) is 6.54 Å². The molecule has 4 N–H and O–H groups in total. The van der Waals surface area contributed by atoms with Gasteiger partial charge in [-0.3, -0.25) is 19.2 Å². The van der Waals surface area contributed by atoms with E-state index in [1.165, 1.54) is 114 Å². The van der Waals surface area contributed by atoms with E-state index >= 15 is 0 Å². The van der Waals surface area contributed by atoms with Crippen LogP contribution in [-0.4, -0.2) is 91.9 Å². The number of carbonyl (C=O) groups excluding carboxylic acids is 4. The van der Waals surface area contributed by atoms with Crippen LogP contribution in [0.25, 0.3) is 0 Å². The highest BCUT2D eigenvalue weighted by atomic mass is 16.6. The highest BCUT2D eigenvalue weighted by molar-refractivity contribution is 5.93. The second kappa shape index (κ2) is 34.2. The predicted octanol–water partition coefficient (Wildman–Crippen LogP) is 9.23. The maximum Gasteiger partial charge on any atom is 0.224 e. The Labute approximate surface area is 341 Å². The summed E-state index contributed by atoms with van der Waals surface area (Å²) in [6, 6.07) is 0. The number of aliphatic hydroxyl groups is 4. The summed E-state index contributed by atoms with van der Waals surface area (Å²) in [5, 5.41) is 43.4. The van der Waals surface area contributed by atoms with Gasteiger partial charge >= 0.3 is 0 Å². The third-order valence-electron chi connectivity index (χ3n) is 11.5. The van der Waals surface area contributed by atoms with Crippen molar-refractivity contribution in [2.45, 2.75) is 263 Å². The Bertz CT molecular complexity index is 1020. The van der Waals surface area contributed by atoms with Crippen molar-refractivity contribution in [3.63, 3.8) is 0 Å². The third-order valence-corrected chi connectivity index (χ3v) is 11.5. The van der Waals surface area contributed by atoms with Gasteiger partial charge in [0, 0.05) is 38.6 Å². The lowest BCUT2D eigenvalue weighted by Gasteiger charge is -2.45. The van der Waals surface area contributed by atoms with Gasteiger partial charge < -0.3 is 30.1 Å². The Kier molecular flexibility index (Phi) is 31.9. The Morgan fingerprint density at radius 2 is 0.893 bits per heavy atom. The number of unbranched alkanes of at least 4 members (excludes halogenated alkanes) is 24. The molecule has 0 saturated carbocycles. The minimum absolute atomic E-state index is 0.0324. The number of ether oxygens (including phenoxy) is 1. The molecule has 1 heterocycles. The standard InChI is InChI=1S/C46H85NO9/c1-4-7-10-12-14-16-17-18-19-20-21-22-24-26-28-30-35-47(40(51)32-29-27-25-23-15-13-11-8-5-2)46-44(55)42(53)43(54)45(56-46)41(52)39(50)36-38(49)34-33-37(48)31-9-6-3/h39,42-46,50,53-55H,4-36H2,1-3H3/t39?,42-,43-,44-,45+,46+/m0/s1. The van der Waals surface area contributed by atoms with Gasteiger partial charge in [-0.05, 0) is 19.3 Å². The zero-order valence-electron chi connectivity index (χ0n) is 36.1. The molecule has 1 rings (SSSR count). The Balaban J connectivity index is 2.72. The Hall–Kier alpha value is -1.72. The SMILES string of the molecule is CCCCCCCCCCCCCCCCCCN(C(=O)CCCCCCCCCCC)[C@@H]1O[C@H](C(=O)C(O)CC(=O)CCC(=O)CCCC)[C@@H](O)[C@H](O)[C@@H]1O. The fourth-order valence-corrected chi connectivity index (χ4v) is 7.69. The molecule has 0 radical (unpaired) electrons. The summed E-state index contributed by atoms with van der Waals surface area (Å²) in [6.45, 7) is 6.68. The maximum absolute atomic E-state index is 13.7. The summed E-state index contributed by atoms with van der Waals surface area (Å²) in [5.74, 6) is -1.79. The highest BCUT2D eigenvalue weighted by Crippen LogP contribution is 2.27. The van der Waals surface area contributed by atoms with Crippen LogP contribution in [0.3, 0.4) is 0 Å². The molecule has 6 atom stereocenters. The molecule has 56 heavy (non-hydrogen) atoms. The van der Waals surface area contributed by atoms with E-state index in [4.69, 9.17) is 4.74 Å². The number of carbonyl (C=O) groups is 4. The van der Waals surface area contributed by atoms with Crippen molar-refractivity contribution in [2.24, 2.45) is 0 Å². The van der Waals surface area contributed by atoms with Crippen LogP contribution in [0.2, 0.25) is 0 Å². The maximum atomic E-state index is 13.7. The number of aliphatic hydroxyl groups excluding tert-OH is 4. The van der Waals surface area contributed by atoms with Crippen molar-refractivity contribution < 1.29 is 44.3 Å². The van der Waals surface area contributed by atoms with Gasteiger partial charge in [-0.15, -0.1) is 0 Å². The first kappa shape index (κ1) is 52.3. The van der Waals surface area contributed by atoms with E-state index in [1.807, 2.05) is 6.92 Å². The van der Waals surface area contributed by atoms with Gasteiger partial charge in [0.15, 0.2) is 12.0 Å². The van der Waals surface area contributed by atoms with Crippen LogP contribution in [-0.2, 0) is 23.9 Å². The van der Waals surface area contributed by atoms with E-state index in [1.54, 1.807) is 0 Å². The van der Waals surface area contributed by atoms with E-state index in [0.717, 1.165) is 51.4 Å². The zero-order valence-corrected chi connectivity index (χ0v) is 36.1. The monoisotopic (exact) mass is 796 g/mol. The molecular formula is C46H85NO9. The van der Waals surface area contributed by atoms with E-state index in [2.05, 4.69) is 13.8 Å². The van der Waals surface area contributed by atoms with Crippen LogP contribution in [0.4, 0.5) is 0 Å². The second-order valence-electron chi connectivity index (χ2n) is 16.7. The molecule has 0 bridgehead atoms. The highest BCUT2D eigenvalue weighted by Gasteiger charge is 2.50. The van der Waals surface area contributed by atoms with Gasteiger partial charge in [-0.1, -0.05) is 175 Å². The minimum atomic E-state index is -1.86. The molecule has 0 aromatic heterocycles. The summed E-state index contributed by atoms with van der Waals surface area (Å²) in [6.07, 6.45) is 20.5. The minimum Gasteiger partial charge on any atom is -0.387 e. The van der Waals surface area contributed by atoms with E-state index in [0.29, 0.717) is 19.3 Å². The summed E-state index contributed by atoms with van der Waals surface area (Å²) in [5.41, 5.74) is 0. The summed E-state index contributed by atoms with van der Waals surface area (Å²) >= 11 is 0. The molecule has 10 heteroatoms. The largest absolute Gasteiger partial charge is 0.387 e. The fraction of sp³-hybridized carbons (Fsp3) is 0.913. The number of Topliss-reactive ketones (excluding diaryl/α,β-unsaturated/α-hetero) is 3. The summed E-state index contributed by atoms with van der Waals surface area (Å²) in [4.78, 5) is 53.0. The number of nitrogens with zero attached hydrogens (tertiary/aromatic N) is 1. The fourth-order valence-electron chi connectivity index (χ4n) is 7.69. The lowest BCUT2D eigenvalue weighted by Crippen LogP contribution is -2.65. The Morgan fingerprint density at radius 1 is 0.482 bits per heavy atom. The average Bonchev–Trinajstić information content (AvgIpc) is 3.19. The second-order valence-corrected chi connectivity index (χ2v) is 16.7. The average molecular weight is 796 g/mol. The first-order valence-electron chi connectivity index (χ1n) is 23.3. The van der Waals surface area contributed by atoms with Gasteiger partial charge in [0.2, 0.25) is 5.91 Å². The number of rotatable bonds is 38. The molecule has 1 amide bonds. The summed E-state index contributed by atoms with van der Waals surface area (Å²) in [7, 11) is 0.